The summed E-state index contributed by atoms with van der Waals surface area (Å²) in [5.74, 6) is -0.447. The van der Waals surface area contributed by atoms with Crippen molar-refractivity contribution in [1.29, 1.82) is 0 Å². The third-order valence-corrected chi connectivity index (χ3v) is 5.30. The van der Waals surface area contributed by atoms with Crippen molar-refractivity contribution in [3.8, 4) is 0 Å². The zero-order valence-corrected chi connectivity index (χ0v) is 16.5. The molecule has 0 fully saturated rings. The molecular weight excluding hydrogens is 376 g/mol. The molecule has 9 nitrogen and oxygen atoms in total. The van der Waals surface area contributed by atoms with Crippen molar-refractivity contribution in [3.05, 3.63) is 54.3 Å². The summed E-state index contributed by atoms with van der Waals surface area (Å²) in [4.78, 5) is 34.5. The standard InChI is InChI=1S/C11H14N2O3.C9H12N2O2/c1-2-16-11(15)9-7-5-3-4-6-8(7)10(14)13-12-9;12-5-8-6-3-1-2-4-7(6)9(13)11-10-8/h2-6H2,1H3,(H,13,14);12H,1-5H2,(H,11,13). The molecule has 0 bridgehead atoms. The second-order valence-electron chi connectivity index (χ2n) is 7.11. The summed E-state index contributed by atoms with van der Waals surface area (Å²) in [7, 11) is 0. The third-order valence-electron chi connectivity index (χ3n) is 5.30. The fourth-order valence-electron chi connectivity index (χ4n) is 3.89. The van der Waals surface area contributed by atoms with Gasteiger partial charge in [0, 0.05) is 11.1 Å². The van der Waals surface area contributed by atoms with Crippen molar-refractivity contribution in [2.24, 2.45) is 0 Å². The Morgan fingerprint density at radius 1 is 0.897 bits per heavy atom. The van der Waals surface area contributed by atoms with Crippen LogP contribution in [-0.4, -0.2) is 38.1 Å². The highest BCUT2D eigenvalue weighted by atomic mass is 16.5. The van der Waals surface area contributed by atoms with Crippen LogP contribution < -0.4 is 11.1 Å². The lowest BCUT2D eigenvalue weighted by molar-refractivity contribution is 0.0516. The number of esters is 1. The number of hydrogen-bond donors (Lipinski definition) is 3. The number of nitrogens with one attached hydrogen (secondary N) is 2. The van der Waals surface area contributed by atoms with E-state index in [0.717, 1.165) is 68.1 Å². The van der Waals surface area contributed by atoms with Gasteiger partial charge in [-0.1, -0.05) is 0 Å². The van der Waals surface area contributed by atoms with Gasteiger partial charge in [-0.25, -0.2) is 15.0 Å². The fourth-order valence-corrected chi connectivity index (χ4v) is 3.89. The summed E-state index contributed by atoms with van der Waals surface area (Å²) >= 11 is 0. The third kappa shape index (κ3) is 4.61. The van der Waals surface area contributed by atoms with Crippen molar-refractivity contribution in [2.75, 3.05) is 6.61 Å². The molecule has 4 rings (SSSR count). The molecule has 29 heavy (non-hydrogen) atoms. The number of aromatic amines is 2. The van der Waals surface area contributed by atoms with Gasteiger partial charge in [0.2, 0.25) is 0 Å². The zero-order valence-electron chi connectivity index (χ0n) is 16.5. The van der Waals surface area contributed by atoms with Crippen LogP contribution in [0.3, 0.4) is 0 Å². The molecule has 2 heterocycles. The first-order chi connectivity index (χ1) is 14.1. The second-order valence-corrected chi connectivity index (χ2v) is 7.11. The van der Waals surface area contributed by atoms with Crippen LogP contribution in [0.25, 0.3) is 0 Å². The number of aliphatic hydroxyl groups is 1. The lowest BCUT2D eigenvalue weighted by Gasteiger charge is -2.16. The lowest BCUT2D eigenvalue weighted by Crippen LogP contribution is -2.25. The first kappa shape index (κ1) is 20.9. The Hall–Kier alpha value is -2.81. The number of carbonyl (C=O) groups excluding carboxylic acids is 1. The molecule has 0 radical (unpaired) electrons. The highest BCUT2D eigenvalue weighted by Gasteiger charge is 2.22. The molecule has 0 aliphatic heterocycles. The maximum atomic E-state index is 11.6. The van der Waals surface area contributed by atoms with Crippen molar-refractivity contribution >= 4 is 5.97 Å². The average Bonchev–Trinajstić information content (AvgIpc) is 2.75. The number of carbonyl (C=O) groups is 1. The van der Waals surface area contributed by atoms with E-state index < -0.39 is 5.97 Å². The van der Waals surface area contributed by atoms with Gasteiger partial charge in [-0.05, 0) is 69.4 Å². The van der Waals surface area contributed by atoms with Crippen LogP contribution in [0.1, 0.15) is 71.0 Å². The Kier molecular flexibility index (Phi) is 6.92. The van der Waals surface area contributed by atoms with Gasteiger partial charge in [0.1, 0.15) is 0 Å². The van der Waals surface area contributed by atoms with E-state index in [0.29, 0.717) is 17.9 Å². The summed E-state index contributed by atoms with van der Waals surface area (Å²) in [6.07, 6.45) is 7.28. The van der Waals surface area contributed by atoms with Crippen molar-refractivity contribution in [1.82, 2.24) is 20.4 Å². The molecule has 0 amide bonds. The molecule has 0 unspecified atom stereocenters. The number of rotatable bonds is 3. The number of H-pyrrole nitrogens is 2. The summed E-state index contributed by atoms with van der Waals surface area (Å²) < 4.78 is 4.91. The van der Waals surface area contributed by atoms with E-state index in [1.807, 2.05) is 0 Å². The van der Waals surface area contributed by atoms with Gasteiger partial charge in [0.25, 0.3) is 11.1 Å². The topological polar surface area (TPSA) is 138 Å². The molecule has 2 aromatic heterocycles. The molecule has 0 spiro atoms. The maximum absolute atomic E-state index is 11.6. The van der Waals surface area contributed by atoms with Crippen molar-refractivity contribution < 1.29 is 14.6 Å². The largest absolute Gasteiger partial charge is 0.461 e. The molecule has 0 atom stereocenters. The van der Waals surface area contributed by atoms with Crippen LogP contribution >= 0.6 is 0 Å². The minimum atomic E-state index is -0.447. The maximum Gasteiger partial charge on any atom is 0.359 e. The van der Waals surface area contributed by atoms with Crippen LogP contribution in [0.2, 0.25) is 0 Å². The monoisotopic (exact) mass is 402 g/mol. The first-order valence-electron chi connectivity index (χ1n) is 10.0. The number of fused-ring (bicyclic) bond motifs is 2. The smallest absolute Gasteiger partial charge is 0.359 e. The summed E-state index contributed by atoms with van der Waals surface area (Å²) in [5, 5.41) is 21.4. The molecule has 3 N–H and O–H groups in total. The van der Waals surface area contributed by atoms with Gasteiger partial charge >= 0.3 is 5.97 Å². The average molecular weight is 402 g/mol. The highest BCUT2D eigenvalue weighted by molar-refractivity contribution is 5.89. The Morgan fingerprint density at radius 2 is 1.41 bits per heavy atom. The zero-order chi connectivity index (χ0) is 20.8. The van der Waals surface area contributed by atoms with E-state index in [2.05, 4.69) is 20.4 Å². The number of aromatic nitrogens is 4. The van der Waals surface area contributed by atoms with Gasteiger partial charge in [0.05, 0.1) is 18.9 Å². The van der Waals surface area contributed by atoms with Crippen molar-refractivity contribution in [3.63, 3.8) is 0 Å². The Balaban J connectivity index is 0.000000169. The predicted octanol–water partition coefficient (Wildman–Crippen LogP) is 0.966. The summed E-state index contributed by atoms with van der Waals surface area (Å²) in [6.45, 7) is 1.98. The van der Waals surface area contributed by atoms with Gasteiger partial charge in [0.15, 0.2) is 5.69 Å². The van der Waals surface area contributed by atoms with Crippen LogP contribution in [0.4, 0.5) is 0 Å². The molecular formula is C20H26N4O5. The molecule has 0 saturated heterocycles. The summed E-state index contributed by atoms with van der Waals surface area (Å²) in [5.41, 5.74) is 3.90. The van der Waals surface area contributed by atoms with Crippen LogP contribution in [0, 0.1) is 0 Å². The van der Waals surface area contributed by atoms with Crippen molar-refractivity contribution in [2.45, 2.75) is 64.9 Å². The van der Waals surface area contributed by atoms with Crippen LogP contribution in [-0.2, 0) is 37.0 Å². The molecule has 156 valence electrons. The quantitative estimate of drug-likeness (QED) is 0.650. The van der Waals surface area contributed by atoms with E-state index in [9.17, 15) is 14.4 Å². The minimum absolute atomic E-state index is 0.0842. The fraction of sp³-hybridized carbons (Fsp3) is 0.550. The lowest BCUT2D eigenvalue weighted by atomic mass is 9.92. The SMILES string of the molecule is CCOC(=O)c1n[nH]c(=O)c2c1CCCC2.O=c1[nH]nc(CO)c2c1CCCC2. The molecule has 2 aliphatic carbocycles. The van der Waals surface area contributed by atoms with E-state index in [1.165, 1.54) is 0 Å². The van der Waals surface area contributed by atoms with E-state index in [4.69, 9.17) is 9.84 Å². The molecule has 0 aromatic carbocycles. The molecule has 0 saturated carbocycles. The number of ether oxygens (including phenoxy) is 1. The predicted molar refractivity (Wildman–Crippen MR) is 105 cm³/mol. The second kappa shape index (κ2) is 9.60. The molecule has 9 heteroatoms. The minimum Gasteiger partial charge on any atom is -0.461 e. The molecule has 2 aromatic rings. The van der Waals surface area contributed by atoms with Gasteiger partial charge in [-0.15, -0.1) is 0 Å². The molecule has 2 aliphatic rings. The first-order valence-corrected chi connectivity index (χ1v) is 10.0. The van der Waals surface area contributed by atoms with E-state index >= 15 is 0 Å². The number of hydrogen-bond acceptors (Lipinski definition) is 7. The van der Waals surface area contributed by atoms with Gasteiger partial charge in [-0.2, -0.15) is 10.2 Å². The Morgan fingerprint density at radius 3 is 2.00 bits per heavy atom. The summed E-state index contributed by atoms with van der Waals surface area (Å²) in [6, 6.07) is 0. The number of aliphatic hydroxyl groups excluding tert-OH is 1. The highest BCUT2D eigenvalue weighted by Crippen LogP contribution is 2.21. The number of nitrogens with zero attached hydrogens (tertiary/aromatic N) is 2. The van der Waals surface area contributed by atoms with E-state index in [1.54, 1.807) is 6.92 Å². The van der Waals surface area contributed by atoms with Gasteiger partial charge in [-0.3, -0.25) is 9.59 Å². The van der Waals surface area contributed by atoms with E-state index in [-0.39, 0.29) is 23.4 Å². The van der Waals surface area contributed by atoms with Gasteiger partial charge < -0.3 is 9.84 Å². The van der Waals surface area contributed by atoms with Crippen LogP contribution in [0.15, 0.2) is 9.59 Å². The normalized spacial score (nSPS) is 14.8. The Bertz CT molecular complexity index is 995. The van der Waals surface area contributed by atoms with Crippen LogP contribution in [0.5, 0.6) is 0 Å². The Labute approximate surface area is 167 Å².